The molecule has 4 heteroatoms. The molecule has 0 bridgehead atoms. The zero-order valence-corrected chi connectivity index (χ0v) is 4.08. The van der Waals surface area contributed by atoms with Crippen LogP contribution in [0.5, 0.6) is 0 Å². The first-order valence-electron chi connectivity index (χ1n) is 1.27. The molecule has 36 valence electrons. The highest BCUT2D eigenvalue weighted by Crippen LogP contribution is 1.88. The number of carbonyl (C=O) groups excluding carboxylic acids is 1. The summed E-state index contributed by atoms with van der Waals surface area (Å²) < 4.78 is 11.2. The third-order valence-corrected chi connectivity index (χ3v) is 0.539. The highest BCUT2D eigenvalue weighted by Gasteiger charge is 1.94. The molecule has 0 atom stereocenters. The fraction of sp³-hybridized carbons (Fsp3) is 0.500. The summed E-state index contributed by atoms with van der Waals surface area (Å²) in [5, 5.41) is -0.988. The maximum Gasteiger partial charge on any atom is 0.306 e. The average molecular weight is 109 g/mol. The minimum atomic E-state index is -0.880. The van der Waals surface area contributed by atoms with Gasteiger partial charge < -0.3 is 0 Å². The Morgan fingerprint density at radius 1 is 2.00 bits per heavy atom. The number of nitrogens with zero attached hydrogens (tertiary/aromatic N) is 1. The molecule has 0 aromatic carbocycles. The van der Waals surface area contributed by atoms with E-state index in [1.165, 1.54) is 0 Å². The van der Waals surface area contributed by atoms with Crippen LogP contribution in [-0.4, -0.2) is 17.4 Å². The van der Waals surface area contributed by atoms with Gasteiger partial charge in [-0.3, -0.25) is 4.79 Å². The summed E-state index contributed by atoms with van der Waals surface area (Å²) in [5.41, 5.74) is 0. The van der Waals surface area contributed by atoms with Crippen molar-refractivity contribution >= 4 is 17.9 Å². The Morgan fingerprint density at radius 2 is 2.17 bits per heavy atom. The van der Waals surface area contributed by atoms with Crippen LogP contribution in [0.3, 0.4) is 0 Å². The molecule has 0 radical (unpaired) electrons. The monoisotopic (exact) mass is 109 g/mol. The summed E-state index contributed by atoms with van der Waals surface area (Å²) in [4.78, 5) is 9.56. The largest absolute Gasteiger partial charge is 0.306 e. The topological polar surface area (TPSA) is 20.3 Å². The van der Waals surface area contributed by atoms with Gasteiger partial charge in [-0.05, 0) is 0 Å². The SMILES string of the molecule is CN(F)C(=O)S. The lowest BCUT2D eigenvalue weighted by atomic mass is 11.2. The number of rotatable bonds is 0. The quantitative estimate of drug-likeness (QED) is 0.361. The molecule has 6 heavy (non-hydrogen) atoms. The summed E-state index contributed by atoms with van der Waals surface area (Å²) in [7, 11) is 0.981. The summed E-state index contributed by atoms with van der Waals surface area (Å²) in [5.74, 6) is 0. The van der Waals surface area contributed by atoms with E-state index in [1.54, 1.807) is 0 Å². The lowest BCUT2D eigenvalue weighted by Crippen LogP contribution is -2.07. The summed E-state index contributed by atoms with van der Waals surface area (Å²) in [6, 6.07) is 0. The van der Waals surface area contributed by atoms with E-state index in [-0.39, 0.29) is 5.12 Å². The molecule has 0 aliphatic rings. The Morgan fingerprint density at radius 3 is 2.17 bits per heavy atom. The van der Waals surface area contributed by atoms with Crippen LogP contribution in [-0.2, 0) is 0 Å². The second kappa shape index (κ2) is 2.02. The van der Waals surface area contributed by atoms with E-state index in [0.29, 0.717) is 0 Å². The van der Waals surface area contributed by atoms with Gasteiger partial charge >= 0.3 is 5.24 Å². The van der Waals surface area contributed by atoms with Crippen molar-refractivity contribution in [2.24, 2.45) is 0 Å². The van der Waals surface area contributed by atoms with E-state index in [0.717, 1.165) is 7.05 Å². The smallest absolute Gasteiger partial charge is 0.259 e. The zero-order valence-electron chi connectivity index (χ0n) is 3.18. The van der Waals surface area contributed by atoms with Crippen molar-refractivity contribution in [1.29, 1.82) is 0 Å². The normalized spacial score (nSPS) is 7.83. The predicted molar refractivity (Wildman–Crippen MR) is 23.3 cm³/mol. The second-order valence-corrected chi connectivity index (χ2v) is 1.14. The molecule has 0 unspecified atom stereocenters. The van der Waals surface area contributed by atoms with Gasteiger partial charge in [0.15, 0.2) is 0 Å². The van der Waals surface area contributed by atoms with Gasteiger partial charge in [0.2, 0.25) is 0 Å². The van der Waals surface area contributed by atoms with Gasteiger partial charge in [0.25, 0.3) is 0 Å². The highest BCUT2D eigenvalue weighted by atomic mass is 32.1. The van der Waals surface area contributed by atoms with Crippen LogP contribution in [0.1, 0.15) is 0 Å². The summed E-state index contributed by atoms with van der Waals surface area (Å²) >= 11 is 3.10. The molecule has 0 saturated carbocycles. The third-order valence-electron chi connectivity index (χ3n) is 0.264. The molecular formula is C2H4FNOS. The van der Waals surface area contributed by atoms with Crippen LogP contribution in [0.4, 0.5) is 9.28 Å². The minimum absolute atomic E-state index is 0.108. The number of hydrogen-bond acceptors (Lipinski definition) is 1. The van der Waals surface area contributed by atoms with Gasteiger partial charge in [-0.1, -0.05) is 17.1 Å². The first-order chi connectivity index (χ1) is 2.64. The van der Waals surface area contributed by atoms with Crippen LogP contribution in [0.15, 0.2) is 0 Å². The van der Waals surface area contributed by atoms with Crippen molar-refractivity contribution < 1.29 is 9.28 Å². The minimum Gasteiger partial charge on any atom is -0.259 e. The van der Waals surface area contributed by atoms with Crippen LogP contribution in [0.25, 0.3) is 0 Å². The average Bonchev–Trinajstić information content (AvgIpc) is 1.36. The maximum absolute atomic E-state index is 11.2. The molecule has 0 aromatic heterocycles. The van der Waals surface area contributed by atoms with Crippen molar-refractivity contribution in [3.63, 3.8) is 0 Å². The van der Waals surface area contributed by atoms with E-state index < -0.39 is 5.24 Å². The predicted octanol–water partition coefficient (Wildman–Crippen LogP) is 0.853. The number of halogens is 1. The molecule has 0 saturated heterocycles. The van der Waals surface area contributed by atoms with E-state index in [4.69, 9.17) is 0 Å². The van der Waals surface area contributed by atoms with Gasteiger partial charge in [0.05, 0.1) is 0 Å². The summed E-state index contributed by atoms with van der Waals surface area (Å²) in [6.45, 7) is 0. The van der Waals surface area contributed by atoms with Gasteiger partial charge in [-0.25, -0.2) is 0 Å². The molecule has 0 aliphatic carbocycles. The molecular weight excluding hydrogens is 105 g/mol. The van der Waals surface area contributed by atoms with Crippen LogP contribution in [0.2, 0.25) is 0 Å². The molecule has 0 aliphatic heterocycles. The Labute approximate surface area is 40.3 Å². The number of amides is 1. The lowest BCUT2D eigenvalue weighted by molar-refractivity contribution is 0.114. The van der Waals surface area contributed by atoms with Crippen molar-refractivity contribution in [2.45, 2.75) is 0 Å². The Balaban J connectivity index is 3.26. The van der Waals surface area contributed by atoms with E-state index in [9.17, 15) is 9.28 Å². The second-order valence-electron chi connectivity index (χ2n) is 0.760. The van der Waals surface area contributed by atoms with Crippen LogP contribution >= 0.6 is 12.6 Å². The maximum atomic E-state index is 11.2. The van der Waals surface area contributed by atoms with Gasteiger partial charge in [-0.2, -0.15) is 5.12 Å². The molecule has 0 heterocycles. The highest BCUT2D eigenvalue weighted by molar-refractivity contribution is 7.96. The van der Waals surface area contributed by atoms with Crippen molar-refractivity contribution in [2.75, 3.05) is 7.05 Å². The summed E-state index contributed by atoms with van der Waals surface area (Å²) in [6.07, 6.45) is 0. The van der Waals surface area contributed by atoms with E-state index >= 15 is 0 Å². The number of hydrogen-bond donors (Lipinski definition) is 1. The molecule has 2 nitrogen and oxygen atoms in total. The first-order valence-corrected chi connectivity index (χ1v) is 1.71. The van der Waals surface area contributed by atoms with Gasteiger partial charge in [0, 0.05) is 7.05 Å². The van der Waals surface area contributed by atoms with Crippen molar-refractivity contribution in [1.82, 2.24) is 5.12 Å². The van der Waals surface area contributed by atoms with Crippen LogP contribution in [0, 0.1) is 0 Å². The number of carbonyl (C=O) groups is 1. The Bertz CT molecular complexity index is 64.6. The fourth-order valence-corrected chi connectivity index (χ4v) is 0. The Kier molecular flexibility index (Phi) is 1.94. The molecule has 0 fully saturated rings. The molecule has 0 spiro atoms. The van der Waals surface area contributed by atoms with Crippen LogP contribution < -0.4 is 0 Å². The van der Waals surface area contributed by atoms with Gasteiger partial charge in [0.1, 0.15) is 0 Å². The lowest BCUT2D eigenvalue weighted by Gasteiger charge is -1.93. The van der Waals surface area contributed by atoms with E-state index in [1.807, 2.05) is 0 Å². The fourth-order valence-electron chi connectivity index (χ4n) is 0. The zero-order chi connectivity index (χ0) is 5.15. The van der Waals surface area contributed by atoms with E-state index in [2.05, 4.69) is 12.6 Å². The number of thiol groups is 1. The Hall–Kier alpha value is -0.250. The van der Waals surface area contributed by atoms with Crippen molar-refractivity contribution in [3.8, 4) is 0 Å². The third kappa shape index (κ3) is 2.02. The first kappa shape index (κ1) is 5.75. The van der Waals surface area contributed by atoms with Gasteiger partial charge in [-0.15, -0.1) is 0 Å². The molecule has 0 rings (SSSR count). The molecule has 0 N–H and O–H groups in total. The standard InChI is InChI=1S/C2H4FNOS/c1-4(3)2(5)6/h1H3,(H,5,6). The van der Waals surface area contributed by atoms with Crippen molar-refractivity contribution in [3.05, 3.63) is 0 Å². The molecule has 1 amide bonds. The molecule has 0 aromatic rings.